The SMILES string of the molecule is CCOc1ccccc1N1CCN(C(=O)CN(C)S(=O)(=O)c2ccc(Cl)cc2)CC1. The fraction of sp³-hybridized carbons (Fsp3) is 0.381. The van der Waals surface area contributed by atoms with Crippen molar-refractivity contribution in [1.29, 1.82) is 0 Å². The second-order valence-electron chi connectivity index (χ2n) is 6.98. The van der Waals surface area contributed by atoms with E-state index in [1.54, 1.807) is 4.90 Å². The van der Waals surface area contributed by atoms with Gasteiger partial charge in [0.1, 0.15) is 5.75 Å². The second kappa shape index (κ2) is 9.68. The van der Waals surface area contributed by atoms with Gasteiger partial charge in [-0.3, -0.25) is 4.79 Å². The molecule has 0 unspecified atom stereocenters. The number of likely N-dealkylation sites (N-methyl/N-ethyl adjacent to an activating group) is 1. The molecule has 1 fully saturated rings. The lowest BCUT2D eigenvalue weighted by molar-refractivity contribution is -0.131. The highest BCUT2D eigenvalue weighted by Crippen LogP contribution is 2.29. The maximum atomic E-state index is 12.7. The molecule has 7 nitrogen and oxygen atoms in total. The average Bonchev–Trinajstić information content (AvgIpc) is 2.75. The van der Waals surface area contributed by atoms with Crippen molar-refractivity contribution in [2.75, 3.05) is 51.3 Å². The van der Waals surface area contributed by atoms with Crippen molar-refractivity contribution in [2.24, 2.45) is 0 Å². The molecular weight excluding hydrogens is 426 g/mol. The lowest BCUT2D eigenvalue weighted by Gasteiger charge is -2.37. The van der Waals surface area contributed by atoms with Gasteiger partial charge in [-0.2, -0.15) is 4.31 Å². The standard InChI is InChI=1S/C21H26ClN3O4S/c1-3-29-20-7-5-4-6-19(20)24-12-14-25(15-13-24)21(26)16-23(2)30(27,28)18-10-8-17(22)9-11-18/h4-11H,3,12-16H2,1-2H3. The van der Waals surface area contributed by atoms with Crippen LogP contribution in [-0.4, -0.2) is 69.9 Å². The first-order valence-corrected chi connectivity index (χ1v) is 11.6. The number of amides is 1. The Morgan fingerprint density at radius 1 is 1.07 bits per heavy atom. The van der Waals surface area contributed by atoms with E-state index < -0.39 is 10.0 Å². The van der Waals surface area contributed by atoms with Crippen LogP contribution in [0.1, 0.15) is 6.92 Å². The van der Waals surface area contributed by atoms with E-state index in [1.165, 1.54) is 31.3 Å². The number of ether oxygens (including phenoxy) is 1. The van der Waals surface area contributed by atoms with Gasteiger partial charge in [0.2, 0.25) is 15.9 Å². The summed E-state index contributed by atoms with van der Waals surface area (Å²) in [7, 11) is -2.34. The third-order valence-electron chi connectivity index (χ3n) is 5.02. The minimum atomic E-state index is -3.75. The minimum Gasteiger partial charge on any atom is -0.492 e. The van der Waals surface area contributed by atoms with Gasteiger partial charge in [0.15, 0.2) is 0 Å². The Balaban J connectivity index is 1.60. The van der Waals surface area contributed by atoms with Crippen molar-refractivity contribution in [3.05, 3.63) is 53.6 Å². The molecule has 0 bridgehead atoms. The van der Waals surface area contributed by atoms with Gasteiger partial charge in [-0.15, -0.1) is 0 Å². The summed E-state index contributed by atoms with van der Waals surface area (Å²) in [6.07, 6.45) is 0. The quantitative estimate of drug-likeness (QED) is 0.647. The molecule has 2 aromatic rings. The Hall–Kier alpha value is -2.29. The maximum Gasteiger partial charge on any atom is 0.243 e. The summed E-state index contributed by atoms with van der Waals surface area (Å²) in [6, 6.07) is 13.8. The molecule has 2 aromatic carbocycles. The number of halogens is 1. The number of benzene rings is 2. The summed E-state index contributed by atoms with van der Waals surface area (Å²) in [6.45, 7) is 4.68. The zero-order valence-electron chi connectivity index (χ0n) is 17.1. The van der Waals surface area contributed by atoms with Gasteiger partial charge < -0.3 is 14.5 Å². The number of hydrogen-bond donors (Lipinski definition) is 0. The van der Waals surface area contributed by atoms with Crippen LogP contribution in [0.15, 0.2) is 53.4 Å². The fourth-order valence-corrected chi connectivity index (χ4v) is 4.60. The molecular formula is C21H26ClN3O4S. The lowest BCUT2D eigenvalue weighted by Crippen LogP contribution is -2.51. The molecule has 3 rings (SSSR count). The number of nitrogens with zero attached hydrogens (tertiary/aromatic N) is 3. The van der Waals surface area contributed by atoms with E-state index in [0.717, 1.165) is 15.7 Å². The maximum absolute atomic E-state index is 12.7. The topological polar surface area (TPSA) is 70.2 Å². The number of anilines is 1. The van der Waals surface area contributed by atoms with Gasteiger partial charge in [0.25, 0.3) is 0 Å². The highest BCUT2D eigenvalue weighted by atomic mass is 35.5. The molecule has 0 atom stereocenters. The monoisotopic (exact) mass is 451 g/mol. The Morgan fingerprint density at radius 3 is 2.33 bits per heavy atom. The van der Waals surface area contributed by atoms with Crippen molar-refractivity contribution in [3.8, 4) is 5.75 Å². The van der Waals surface area contributed by atoms with Gasteiger partial charge >= 0.3 is 0 Å². The summed E-state index contributed by atoms with van der Waals surface area (Å²) < 4.78 is 32.2. The number of piperazine rings is 1. The molecule has 30 heavy (non-hydrogen) atoms. The molecule has 1 heterocycles. The number of para-hydroxylation sites is 2. The Labute approximate surface area is 182 Å². The van der Waals surface area contributed by atoms with E-state index in [4.69, 9.17) is 16.3 Å². The smallest absolute Gasteiger partial charge is 0.243 e. The fourth-order valence-electron chi connectivity index (χ4n) is 3.35. The molecule has 1 saturated heterocycles. The highest BCUT2D eigenvalue weighted by molar-refractivity contribution is 7.89. The lowest BCUT2D eigenvalue weighted by atomic mass is 10.2. The third-order valence-corrected chi connectivity index (χ3v) is 7.09. The molecule has 0 radical (unpaired) electrons. The molecule has 1 amide bonds. The molecule has 9 heteroatoms. The van der Waals surface area contributed by atoms with E-state index in [0.29, 0.717) is 37.8 Å². The van der Waals surface area contributed by atoms with Gasteiger partial charge in [0, 0.05) is 38.2 Å². The Morgan fingerprint density at radius 2 is 1.70 bits per heavy atom. The van der Waals surface area contributed by atoms with Gasteiger partial charge in [0.05, 0.1) is 23.7 Å². The van der Waals surface area contributed by atoms with Gasteiger partial charge in [-0.1, -0.05) is 23.7 Å². The first-order valence-electron chi connectivity index (χ1n) is 9.79. The molecule has 1 aliphatic rings. The molecule has 1 aliphatic heterocycles. The van der Waals surface area contributed by atoms with Crippen LogP contribution >= 0.6 is 11.6 Å². The Bertz CT molecular complexity index is 974. The van der Waals surface area contributed by atoms with Crippen molar-refractivity contribution in [2.45, 2.75) is 11.8 Å². The number of rotatable bonds is 7. The highest BCUT2D eigenvalue weighted by Gasteiger charge is 2.27. The molecule has 0 aliphatic carbocycles. The number of hydrogen-bond acceptors (Lipinski definition) is 5. The van der Waals surface area contributed by atoms with E-state index in [-0.39, 0.29) is 17.3 Å². The average molecular weight is 452 g/mol. The van der Waals surface area contributed by atoms with Crippen LogP contribution in [0.2, 0.25) is 5.02 Å². The zero-order valence-corrected chi connectivity index (χ0v) is 18.7. The molecule has 0 aromatic heterocycles. The summed E-state index contributed by atoms with van der Waals surface area (Å²) >= 11 is 5.83. The van der Waals surface area contributed by atoms with E-state index in [1.807, 2.05) is 31.2 Å². The molecule has 0 spiro atoms. The largest absolute Gasteiger partial charge is 0.492 e. The van der Waals surface area contributed by atoms with E-state index in [2.05, 4.69) is 4.90 Å². The molecule has 0 saturated carbocycles. The van der Waals surface area contributed by atoms with Crippen molar-refractivity contribution in [1.82, 2.24) is 9.21 Å². The van der Waals surface area contributed by atoms with E-state index >= 15 is 0 Å². The summed E-state index contributed by atoms with van der Waals surface area (Å²) in [4.78, 5) is 16.7. The Kier molecular flexibility index (Phi) is 7.23. The first kappa shape index (κ1) is 22.4. The van der Waals surface area contributed by atoms with Crippen LogP contribution in [0.4, 0.5) is 5.69 Å². The zero-order chi connectivity index (χ0) is 21.7. The van der Waals surface area contributed by atoms with Crippen LogP contribution in [0.5, 0.6) is 5.75 Å². The third kappa shape index (κ3) is 5.06. The normalized spacial score (nSPS) is 14.8. The van der Waals surface area contributed by atoms with Crippen molar-refractivity contribution in [3.63, 3.8) is 0 Å². The number of sulfonamides is 1. The predicted molar refractivity (Wildman–Crippen MR) is 118 cm³/mol. The molecule has 162 valence electrons. The van der Waals surface area contributed by atoms with E-state index in [9.17, 15) is 13.2 Å². The van der Waals surface area contributed by atoms with Crippen molar-refractivity contribution < 1.29 is 17.9 Å². The van der Waals surface area contributed by atoms with Crippen LogP contribution in [0.25, 0.3) is 0 Å². The van der Waals surface area contributed by atoms with Crippen LogP contribution < -0.4 is 9.64 Å². The van der Waals surface area contributed by atoms with Gasteiger partial charge in [-0.25, -0.2) is 8.42 Å². The van der Waals surface area contributed by atoms with Crippen LogP contribution in [0, 0.1) is 0 Å². The summed E-state index contributed by atoms with van der Waals surface area (Å²) in [5, 5.41) is 0.455. The molecule has 0 N–H and O–H groups in total. The number of carbonyl (C=O) groups excluding carboxylic acids is 1. The number of carbonyl (C=O) groups is 1. The summed E-state index contributed by atoms with van der Waals surface area (Å²) in [5.41, 5.74) is 1.01. The van der Waals surface area contributed by atoms with Crippen LogP contribution in [0.3, 0.4) is 0 Å². The summed E-state index contributed by atoms with van der Waals surface area (Å²) in [5.74, 6) is 0.612. The first-order chi connectivity index (χ1) is 14.3. The predicted octanol–water partition coefficient (Wildman–Crippen LogP) is 2.71. The van der Waals surface area contributed by atoms with Crippen molar-refractivity contribution >= 4 is 33.2 Å². The second-order valence-corrected chi connectivity index (χ2v) is 9.46. The van der Waals surface area contributed by atoms with Gasteiger partial charge in [-0.05, 0) is 43.3 Å². The minimum absolute atomic E-state index is 0.111. The van der Waals surface area contributed by atoms with Crippen LogP contribution in [-0.2, 0) is 14.8 Å².